The molecule has 0 bridgehead atoms. The number of thiophene rings is 1. The molecule has 2 unspecified atom stereocenters. The van der Waals surface area contributed by atoms with Crippen LogP contribution in [0.3, 0.4) is 0 Å². The normalized spacial score (nSPS) is 23.1. The van der Waals surface area contributed by atoms with E-state index in [1.807, 2.05) is 0 Å². The van der Waals surface area contributed by atoms with Crippen molar-refractivity contribution < 1.29 is 0 Å². The van der Waals surface area contributed by atoms with Gasteiger partial charge in [0, 0.05) is 11.4 Å². The van der Waals surface area contributed by atoms with E-state index in [0.717, 1.165) is 29.0 Å². The average molecular weight is 275 g/mol. The molecule has 0 radical (unpaired) electrons. The number of nitrogens with zero attached hydrogens (tertiary/aromatic N) is 2. The summed E-state index contributed by atoms with van der Waals surface area (Å²) in [6.07, 6.45) is 5.76. The van der Waals surface area contributed by atoms with E-state index >= 15 is 0 Å². The van der Waals surface area contributed by atoms with Crippen molar-refractivity contribution in [3.63, 3.8) is 0 Å². The molecule has 3 rings (SSSR count). The van der Waals surface area contributed by atoms with Crippen molar-refractivity contribution in [2.24, 2.45) is 11.8 Å². The van der Waals surface area contributed by atoms with Gasteiger partial charge in [-0.1, -0.05) is 13.3 Å². The number of anilines is 1. The van der Waals surface area contributed by atoms with E-state index < -0.39 is 0 Å². The van der Waals surface area contributed by atoms with Gasteiger partial charge >= 0.3 is 0 Å². The molecule has 1 aliphatic rings. The first-order valence-corrected chi connectivity index (χ1v) is 7.91. The summed E-state index contributed by atoms with van der Waals surface area (Å²) in [5.74, 6) is 2.72. The maximum absolute atomic E-state index is 4.45. The molecular weight excluding hydrogens is 254 g/mol. The Hall–Kier alpha value is -1.16. The predicted molar refractivity (Wildman–Crippen MR) is 81.9 cm³/mol. The molecule has 0 spiro atoms. The number of rotatable bonds is 3. The van der Waals surface area contributed by atoms with Gasteiger partial charge in [0.15, 0.2) is 0 Å². The average Bonchev–Trinajstić information content (AvgIpc) is 2.93. The maximum Gasteiger partial charge on any atom is 0.138 e. The van der Waals surface area contributed by atoms with Crippen molar-refractivity contribution in [3.8, 4) is 0 Å². The molecule has 1 fully saturated rings. The number of fused-ring (bicyclic) bond motifs is 1. The first-order chi connectivity index (χ1) is 9.15. The van der Waals surface area contributed by atoms with Gasteiger partial charge in [-0.05, 0) is 44.1 Å². The quantitative estimate of drug-likeness (QED) is 0.914. The Bertz CT molecular complexity index is 590. The van der Waals surface area contributed by atoms with Gasteiger partial charge < -0.3 is 5.32 Å². The number of hydrogen-bond acceptors (Lipinski definition) is 4. The van der Waals surface area contributed by atoms with Crippen molar-refractivity contribution >= 4 is 27.4 Å². The Morgan fingerprint density at radius 2 is 2.16 bits per heavy atom. The van der Waals surface area contributed by atoms with Gasteiger partial charge in [-0.25, -0.2) is 9.97 Å². The third-order valence-electron chi connectivity index (χ3n) is 4.33. The molecule has 1 aliphatic carbocycles. The third kappa shape index (κ3) is 2.46. The minimum atomic E-state index is 0.806. The molecule has 2 aromatic rings. The fourth-order valence-corrected chi connectivity index (χ4v) is 4.06. The Morgan fingerprint density at radius 1 is 1.32 bits per heavy atom. The largest absolute Gasteiger partial charge is 0.369 e. The molecule has 4 heteroatoms. The van der Waals surface area contributed by atoms with Crippen LogP contribution in [0.5, 0.6) is 0 Å². The van der Waals surface area contributed by atoms with Gasteiger partial charge in [-0.3, -0.25) is 0 Å². The summed E-state index contributed by atoms with van der Waals surface area (Å²) in [4.78, 5) is 11.3. The number of aromatic nitrogens is 2. The van der Waals surface area contributed by atoms with Crippen LogP contribution in [0.4, 0.5) is 5.82 Å². The van der Waals surface area contributed by atoms with Crippen molar-refractivity contribution in [1.82, 2.24) is 9.97 Å². The number of aryl methyl sites for hydroxylation is 2. The Kier molecular flexibility index (Phi) is 3.44. The standard InChI is InChI=1S/C15H21N3S/c1-9-4-5-12(6-9)7-16-14-13-10(2)11(3)19-15(13)18-8-17-14/h8-9,12H,4-7H2,1-3H3,(H,16,17,18). The van der Waals surface area contributed by atoms with Gasteiger partial charge in [-0.15, -0.1) is 11.3 Å². The second-order valence-corrected chi connectivity index (χ2v) is 7.05. The monoisotopic (exact) mass is 275 g/mol. The van der Waals surface area contributed by atoms with Crippen LogP contribution in [-0.4, -0.2) is 16.5 Å². The summed E-state index contributed by atoms with van der Waals surface area (Å²) in [5.41, 5.74) is 1.32. The lowest BCUT2D eigenvalue weighted by Gasteiger charge is -2.12. The lowest BCUT2D eigenvalue weighted by molar-refractivity contribution is 0.536. The fourth-order valence-electron chi connectivity index (χ4n) is 3.07. The SMILES string of the molecule is Cc1sc2ncnc(NCC3CCC(C)C3)c2c1C. The highest BCUT2D eigenvalue weighted by molar-refractivity contribution is 7.18. The van der Waals surface area contributed by atoms with Crippen LogP contribution in [0, 0.1) is 25.7 Å². The zero-order valence-electron chi connectivity index (χ0n) is 11.9. The Morgan fingerprint density at radius 3 is 2.89 bits per heavy atom. The molecular formula is C15H21N3S. The Balaban J connectivity index is 1.81. The molecule has 2 aromatic heterocycles. The van der Waals surface area contributed by atoms with Crippen LogP contribution in [0.2, 0.25) is 0 Å². The lowest BCUT2D eigenvalue weighted by Crippen LogP contribution is -2.12. The molecule has 2 heterocycles. The first kappa shape index (κ1) is 12.9. The fraction of sp³-hybridized carbons (Fsp3) is 0.600. The molecule has 0 aliphatic heterocycles. The molecule has 0 amide bonds. The van der Waals surface area contributed by atoms with Crippen LogP contribution in [0.1, 0.15) is 36.6 Å². The maximum atomic E-state index is 4.45. The summed E-state index contributed by atoms with van der Waals surface area (Å²) >= 11 is 1.76. The molecule has 19 heavy (non-hydrogen) atoms. The van der Waals surface area contributed by atoms with E-state index in [1.165, 1.54) is 35.1 Å². The van der Waals surface area contributed by atoms with Gasteiger partial charge in [0.2, 0.25) is 0 Å². The van der Waals surface area contributed by atoms with Crippen molar-refractivity contribution in [2.75, 3.05) is 11.9 Å². The molecule has 1 N–H and O–H groups in total. The summed E-state index contributed by atoms with van der Waals surface area (Å²) < 4.78 is 0. The zero-order valence-corrected chi connectivity index (χ0v) is 12.7. The number of nitrogens with one attached hydrogen (secondary N) is 1. The van der Waals surface area contributed by atoms with Gasteiger partial charge in [0.1, 0.15) is 17.0 Å². The van der Waals surface area contributed by atoms with Crippen molar-refractivity contribution in [1.29, 1.82) is 0 Å². The lowest BCUT2D eigenvalue weighted by atomic mass is 10.1. The molecule has 0 saturated heterocycles. The highest BCUT2D eigenvalue weighted by Crippen LogP contribution is 2.34. The molecule has 102 valence electrons. The van der Waals surface area contributed by atoms with Crippen LogP contribution in [0.15, 0.2) is 6.33 Å². The van der Waals surface area contributed by atoms with Crippen LogP contribution < -0.4 is 5.32 Å². The summed E-state index contributed by atoms with van der Waals surface area (Å²) in [6.45, 7) is 7.73. The first-order valence-electron chi connectivity index (χ1n) is 7.09. The van der Waals surface area contributed by atoms with Crippen LogP contribution >= 0.6 is 11.3 Å². The number of hydrogen-bond donors (Lipinski definition) is 1. The van der Waals surface area contributed by atoms with E-state index in [0.29, 0.717) is 0 Å². The van der Waals surface area contributed by atoms with Gasteiger partial charge in [0.25, 0.3) is 0 Å². The zero-order chi connectivity index (χ0) is 13.4. The van der Waals surface area contributed by atoms with Crippen molar-refractivity contribution in [3.05, 3.63) is 16.8 Å². The van der Waals surface area contributed by atoms with Crippen LogP contribution in [-0.2, 0) is 0 Å². The highest BCUT2D eigenvalue weighted by Gasteiger charge is 2.21. The summed E-state index contributed by atoms with van der Waals surface area (Å²) in [6, 6.07) is 0. The summed E-state index contributed by atoms with van der Waals surface area (Å²) in [7, 11) is 0. The second-order valence-electron chi connectivity index (χ2n) is 5.85. The molecule has 0 aromatic carbocycles. The minimum Gasteiger partial charge on any atom is -0.369 e. The molecule has 1 saturated carbocycles. The Labute approximate surface area is 118 Å². The van der Waals surface area contributed by atoms with E-state index in [4.69, 9.17) is 0 Å². The second kappa shape index (κ2) is 5.08. The predicted octanol–water partition coefficient (Wildman–Crippen LogP) is 4.16. The van der Waals surface area contributed by atoms with E-state index in [9.17, 15) is 0 Å². The van der Waals surface area contributed by atoms with E-state index in [-0.39, 0.29) is 0 Å². The smallest absolute Gasteiger partial charge is 0.138 e. The highest BCUT2D eigenvalue weighted by atomic mass is 32.1. The molecule has 2 atom stereocenters. The minimum absolute atomic E-state index is 0.806. The topological polar surface area (TPSA) is 37.8 Å². The van der Waals surface area contributed by atoms with E-state index in [2.05, 4.69) is 36.1 Å². The van der Waals surface area contributed by atoms with Crippen LogP contribution in [0.25, 0.3) is 10.2 Å². The summed E-state index contributed by atoms with van der Waals surface area (Å²) in [5, 5.41) is 4.78. The molecule has 3 nitrogen and oxygen atoms in total. The van der Waals surface area contributed by atoms with Gasteiger partial charge in [0.05, 0.1) is 5.39 Å². The van der Waals surface area contributed by atoms with Gasteiger partial charge in [-0.2, -0.15) is 0 Å². The third-order valence-corrected chi connectivity index (χ3v) is 5.44. The van der Waals surface area contributed by atoms with Crippen molar-refractivity contribution in [2.45, 2.75) is 40.0 Å². The van der Waals surface area contributed by atoms with E-state index in [1.54, 1.807) is 17.7 Å².